The van der Waals surface area contributed by atoms with Crippen molar-refractivity contribution in [3.8, 4) is 0 Å². The summed E-state index contributed by atoms with van der Waals surface area (Å²) in [6, 6.07) is -1.60. The van der Waals surface area contributed by atoms with Crippen LogP contribution in [-0.2, 0) is 23.9 Å². The summed E-state index contributed by atoms with van der Waals surface area (Å²) in [5.74, 6) is -4.30. The van der Waals surface area contributed by atoms with E-state index in [1.54, 1.807) is 0 Å². The van der Waals surface area contributed by atoms with Crippen molar-refractivity contribution in [1.82, 2.24) is 0 Å². The fourth-order valence-electron chi connectivity index (χ4n) is 1.76. The highest BCUT2D eigenvalue weighted by molar-refractivity contribution is 5.90. The van der Waals surface area contributed by atoms with Gasteiger partial charge in [-0.2, -0.15) is 0 Å². The molecule has 3 atom stereocenters. The highest BCUT2D eigenvalue weighted by Gasteiger charge is 2.22. The summed E-state index contributed by atoms with van der Waals surface area (Å²) in [7, 11) is 0. The van der Waals surface area contributed by atoms with E-state index in [1.165, 1.54) is 0 Å². The van der Waals surface area contributed by atoms with Gasteiger partial charge in [-0.05, 0) is 38.8 Å². The molecule has 0 bridgehead atoms. The molecule has 11 N–H and O–H groups in total. The average Bonchev–Trinajstić information content (AvgIpc) is 2.61. The fourth-order valence-corrected chi connectivity index (χ4v) is 1.76. The molecular formula is C16H32N4O8. The van der Waals surface area contributed by atoms with Crippen molar-refractivity contribution in [3.63, 3.8) is 0 Å². The quantitative estimate of drug-likeness (QED) is 0.0981. The molecule has 12 nitrogen and oxygen atoms in total. The van der Waals surface area contributed by atoms with Gasteiger partial charge in [0.1, 0.15) is 12.1 Å². The zero-order valence-electron chi connectivity index (χ0n) is 15.8. The van der Waals surface area contributed by atoms with Crippen molar-refractivity contribution in [2.75, 3.05) is 13.1 Å². The van der Waals surface area contributed by atoms with Gasteiger partial charge < -0.3 is 43.0 Å². The number of rotatable bonds is 13. The van der Waals surface area contributed by atoms with Crippen molar-refractivity contribution >= 4 is 23.9 Å². The molecular weight excluding hydrogens is 376 g/mol. The zero-order chi connectivity index (χ0) is 22.1. The molecule has 0 rings (SSSR count). The van der Waals surface area contributed by atoms with Crippen LogP contribution >= 0.6 is 0 Å². The summed E-state index contributed by atoms with van der Waals surface area (Å²) in [6.07, 6.45) is 1.38. The molecule has 0 aromatic rings. The van der Waals surface area contributed by atoms with E-state index >= 15 is 0 Å². The Morgan fingerprint density at radius 1 is 0.786 bits per heavy atom. The maximum atomic E-state index is 11.5. The van der Waals surface area contributed by atoms with Crippen molar-refractivity contribution in [2.24, 2.45) is 22.9 Å². The Bertz CT molecular complexity index is 463. The summed E-state index contributed by atoms with van der Waals surface area (Å²) in [5.41, 5.74) is 21.9. The number of carbonyl (C=O) groups is 4. The van der Waals surface area contributed by atoms with Crippen LogP contribution < -0.4 is 22.9 Å². The number of nitrogens with two attached hydrogens (primary N) is 4. The number of esters is 2. The third kappa shape index (κ3) is 16.1. The molecule has 0 heterocycles. The van der Waals surface area contributed by atoms with Gasteiger partial charge in [-0.15, -0.1) is 0 Å². The zero-order valence-corrected chi connectivity index (χ0v) is 15.8. The van der Waals surface area contributed by atoms with Crippen LogP contribution in [0.3, 0.4) is 0 Å². The minimum absolute atomic E-state index is 0.450. The van der Waals surface area contributed by atoms with Crippen molar-refractivity contribution in [1.29, 1.82) is 0 Å². The smallest absolute Gasteiger partial charge is 0.333 e. The molecule has 0 aromatic heterocycles. The first-order valence-electron chi connectivity index (χ1n) is 8.86. The van der Waals surface area contributed by atoms with Gasteiger partial charge in [-0.25, -0.2) is 14.4 Å². The first-order valence-corrected chi connectivity index (χ1v) is 8.86. The Kier molecular flexibility index (Phi) is 17.1. The SMILES string of the molecule is NCCCC[C@H](N)C(=O)OC(=O)[C@@H](N)CCCCN.O=C(O)CC(O)C(=O)O. The number of hydrogen-bond acceptors (Lipinski definition) is 10. The Morgan fingerprint density at radius 3 is 1.43 bits per heavy atom. The summed E-state index contributed by atoms with van der Waals surface area (Å²) >= 11 is 0. The lowest BCUT2D eigenvalue weighted by Gasteiger charge is -2.13. The van der Waals surface area contributed by atoms with Gasteiger partial charge in [0.2, 0.25) is 0 Å². The van der Waals surface area contributed by atoms with E-state index in [0.717, 1.165) is 25.7 Å². The van der Waals surface area contributed by atoms with Gasteiger partial charge in [0.15, 0.2) is 6.10 Å². The van der Waals surface area contributed by atoms with Gasteiger partial charge in [0.05, 0.1) is 6.42 Å². The number of ether oxygens (including phenoxy) is 1. The van der Waals surface area contributed by atoms with Crippen LogP contribution in [0.5, 0.6) is 0 Å². The molecule has 0 aliphatic carbocycles. The third-order valence-electron chi connectivity index (χ3n) is 3.40. The van der Waals surface area contributed by atoms with Crippen LogP contribution in [0.2, 0.25) is 0 Å². The molecule has 164 valence electrons. The second-order valence-electron chi connectivity index (χ2n) is 5.97. The highest BCUT2D eigenvalue weighted by Crippen LogP contribution is 2.03. The minimum atomic E-state index is -1.79. The van der Waals surface area contributed by atoms with Gasteiger partial charge in [-0.3, -0.25) is 4.79 Å². The Labute approximate surface area is 163 Å². The molecule has 12 heteroatoms. The Hall–Kier alpha value is -2.12. The lowest BCUT2D eigenvalue weighted by Crippen LogP contribution is -2.39. The molecule has 0 fully saturated rings. The number of carboxylic acids is 2. The number of aliphatic hydroxyl groups is 1. The van der Waals surface area contributed by atoms with Crippen molar-refractivity contribution in [3.05, 3.63) is 0 Å². The number of carboxylic acid groups (broad SMARTS) is 2. The van der Waals surface area contributed by atoms with E-state index in [-0.39, 0.29) is 0 Å². The summed E-state index contributed by atoms with van der Waals surface area (Å²) in [6.45, 7) is 1.10. The highest BCUT2D eigenvalue weighted by atomic mass is 16.6. The Balaban J connectivity index is 0. The number of carbonyl (C=O) groups excluding carboxylic acids is 2. The summed E-state index contributed by atoms with van der Waals surface area (Å²) in [4.78, 5) is 42.4. The van der Waals surface area contributed by atoms with E-state index in [4.69, 9.17) is 38.3 Å². The van der Waals surface area contributed by atoms with Crippen LogP contribution in [0.4, 0.5) is 0 Å². The molecule has 0 spiro atoms. The van der Waals surface area contributed by atoms with Crippen LogP contribution in [0.25, 0.3) is 0 Å². The van der Waals surface area contributed by atoms with E-state index in [0.29, 0.717) is 25.9 Å². The van der Waals surface area contributed by atoms with Gasteiger partial charge in [-0.1, -0.05) is 12.8 Å². The molecule has 0 aliphatic heterocycles. The number of hydrogen-bond donors (Lipinski definition) is 7. The van der Waals surface area contributed by atoms with E-state index in [2.05, 4.69) is 4.74 Å². The standard InChI is InChI=1S/C12H26N4O3.C4H6O5/c13-7-3-1-5-9(15)11(17)19-12(18)10(16)6-2-4-8-14;5-2(4(8)9)1-3(6)7/h9-10H,1-8,13-16H2;2,5H,1H2,(H,6,7)(H,8,9)/t9-,10-;/m0./s1. The molecule has 0 saturated heterocycles. The van der Waals surface area contributed by atoms with Crippen LogP contribution in [0.15, 0.2) is 0 Å². The lowest BCUT2D eigenvalue weighted by molar-refractivity contribution is -0.161. The predicted octanol–water partition coefficient (Wildman–Crippen LogP) is -2.12. The first-order chi connectivity index (χ1) is 13.1. The molecule has 0 radical (unpaired) electrons. The Morgan fingerprint density at radius 2 is 1.18 bits per heavy atom. The molecule has 0 amide bonds. The predicted molar refractivity (Wildman–Crippen MR) is 98.8 cm³/mol. The maximum Gasteiger partial charge on any atom is 0.333 e. The van der Waals surface area contributed by atoms with Crippen molar-refractivity contribution in [2.45, 2.75) is 63.1 Å². The second kappa shape index (κ2) is 17.0. The van der Waals surface area contributed by atoms with Gasteiger partial charge >= 0.3 is 23.9 Å². The van der Waals surface area contributed by atoms with E-state index in [9.17, 15) is 19.2 Å². The van der Waals surface area contributed by atoms with E-state index < -0.39 is 48.5 Å². The lowest BCUT2D eigenvalue weighted by atomic mass is 10.1. The third-order valence-corrected chi connectivity index (χ3v) is 3.40. The van der Waals surface area contributed by atoms with Gasteiger partial charge in [0.25, 0.3) is 0 Å². The molecule has 1 unspecified atom stereocenters. The van der Waals surface area contributed by atoms with Gasteiger partial charge in [0, 0.05) is 0 Å². The van der Waals surface area contributed by atoms with Crippen LogP contribution in [-0.4, -0.2) is 70.5 Å². The molecule has 0 aliphatic rings. The van der Waals surface area contributed by atoms with Crippen LogP contribution in [0, 0.1) is 0 Å². The fraction of sp³-hybridized carbons (Fsp3) is 0.750. The van der Waals surface area contributed by atoms with Crippen LogP contribution in [0.1, 0.15) is 44.9 Å². The van der Waals surface area contributed by atoms with E-state index in [1.807, 2.05) is 0 Å². The maximum absolute atomic E-state index is 11.5. The largest absolute Gasteiger partial charge is 0.481 e. The monoisotopic (exact) mass is 408 g/mol. The number of aliphatic carboxylic acids is 2. The minimum Gasteiger partial charge on any atom is -0.481 e. The normalized spacial score (nSPS) is 13.5. The summed E-state index contributed by atoms with van der Waals surface area (Å²) < 4.78 is 4.64. The number of unbranched alkanes of at least 4 members (excludes halogenated alkanes) is 2. The molecule has 0 saturated carbocycles. The first kappa shape index (κ1) is 28.1. The second-order valence-corrected chi connectivity index (χ2v) is 5.97. The number of aliphatic hydroxyl groups excluding tert-OH is 1. The molecule has 0 aromatic carbocycles. The topological polar surface area (TPSA) is 242 Å². The molecule has 28 heavy (non-hydrogen) atoms. The average molecular weight is 408 g/mol. The van der Waals surface area contributed by atoms with Crippen molar-refractivity contribution < 1.29 is 39.2 Å². The summed E-state index contributed by atoms with van der Waals surface area (Å²) in [5, 5.41) is 24.1.